The molecule has 1 N–H and O–H groups in total. The van der Waals surface area contributed by atoms with Crippen LogP contribution in [0.15, 0.2) is 48.5 Å². The molecular weight excluding hydrogens is 348 g/mol. The molecule has 0 saturated carbocycles. The van der Waals surface area contributed by atoms with Crippen molar-refractivity contribution in [1.82, 2.24) is 9.80 Å². The standard InChI is InChI=1S/C24H32N2O2/c1-19-16-20(10-11-22(19)28-2)17-25-15-12-24(27,21-8-4-3-5-9-21)23(18-25)26-13-6-7-14-26/h3-5,8-11,16,23,27H,6-7,12-15,17-18H2,1-2H3/t23-,24+/m1/s1. The molecule has 0 bridgehead atoms. The van der Waals surface area contributed by atoms with Gasteiger partial charge in [0.1, 0.15) is 11.4 Å². The van der Waals surface area contributed by atoms with Crippen LogP contribution in [0, 0.1) is 6.92 Å². The molecule has 4 rings (SSSR count). The summed E-state index contributed by atoms with van der Waals surface area (Å²) in [6, 6.07) is 16.9. The Labute approximate surface area is 168 Å². The van der Waals surface area contributed by atoms with Crippen molar-refractivity contribution in [3.63, 3.8) is 0 Å². The fourth-order valence-electron chi connectivity index (χ4n) is 4.96. The van der Waals surface area contributed by atoms with Gasteiger partial charge in [0.05, 0.1) is 13.2 Å². The van der Waals surface area contributed by atoms with Gasteiger partial charge in [0.15, 0.2) is 0 Å². The highest BCUT2D eigenvalue weighted by molar-refractivity contribution is 5.36. The summed E-state index contributed by atoms with van der Waals surface area (Å²) in [5.74, 6) is 0.941. The first kappa shape index (κ1) is 19.4. The number of aliphatic hydroxyl groups is 1. The molecule has 2 atom stereocenters. The lowest BCUT2D eigenvalue weighted by Gasteiger charge is -2.48. The normalized spacial score (nSPS) is 26.5. The van der Waals surface area contributed by atoms with Gasteiger partial charge in [-0.05, 0) is 62.0 Å². The van der Waals surface area contributed by atoms with E-state index in [0.717, 1.165) is 50.5 Å². The Morgan fingerprint density at radius 2 is 1.82 bits per heavy atom. The number of piperidine rings is 1. The van der Waals surface area contributed by atoms with Crippen LogP contribution in [0.2, 0.25) is 0 Å². The summed E-state index contributed by atoms with van der Waals surface area (Å²) in [7, 11) is 1.72. The van der Waals surface area contributed by atoms with Crippen LogP contribution in [0.25, 0.3) is 0 Å². The maximum absolute atomic E-state index is 11.8. The third kappa shape index (κ3) is 3.82. The Bertz CT molecular complexity index is 788. The SMILES string of the molecule is COc1ccc(CN2CC[C@](O)(c3ccccc3)[C@H](N3CCCC3)C2)cc1C. The van der Waals surface area contributed by atoms with E-state index in [1.165, 1.54) is 24.0 Å². The first-order chi connectivity index (χ1) is 13.6. The fraction of sp³-hybridized carbons (Fsp3) is 0.500. The zero-order valence-electron chi connectivity index (χ0n) is 17.1. The first-order valence-corrected chi connectivity index (χ1v) is 10.5. The topological polar surface area (TPSA) is 35.9 Å². The molecule has 0 amide bonds. The number of likely N-dealkylation sites (tertiary alicyclic amines) is 2. The zero-order chi connectivity index (χ0) is 19.6. The van der Waals surface area contributed by atoms with E-state index >= 15 is 0 Å². The van der Waals surface area contributed by atoms with E-state index in [0.29, 0.717) is 0 Å². The van der Waals surface area contributed by atoms with E-state index in [2.05, 4.69) is 47.1 Å². The van der Waals surface area contributed by atoms with Crippen molar-refractivity contribution in [1.29, 1.82) is 0 Å². The molecule has 2 aliphatic heterocycles. The van der Waals surface area contributed by atoms with Crippen LogP contribution in [0.5, 0.6) is 5.75 Å². The van der Waals surface area contributed by atoms with E-state index < -0.39 is 5.60 Å². The Hall–Kier alpha value is -1.88. The summed E-state index contributed by atoms with van der Waals surface area (Å²) in [6.45, 7) is 7.00. The lowest BCUT2D eigenvalue weighted by atomic mass is 9.79. The minimum atomic E-state index is -0.766. The third-order valence-corrected chi connectivity index (χ3v) is 6.51. The van der Waals surface area contributed by atoms with Crippen LogP contribution < -0.4 is 4.74 Å². The second-order valence-corrected chi connectivity index (χ2v) is 8.34. The second-order valence-electron chi connectivity index (χ2n) is 8.34. The molecule has 2 aromatic carbocycles. The molecule has 0 spiro atoms. The number of methoxy groups -OCH3 is 1. The molecule has 2 heterocycles. The van der Waals surface area contributed by atoms with Crippen molar-refractivity contribution < 1.29 is 9.84 Å². The van der Waals surface area contributed by atoms with Crippen LogP contribution in [-0.2, 0) is 12.1 Å². The highest BCUT2D eigenvalue weighted by Crippen LogP contribution is 2.37. The Balaban J connectivity index is 1.54. The quantitative estimate of drug-likeness (QED) is 0.860. The predicted molar refractivity (Wildman–Crippen MR) is 113 cm³/mol. The Kier molecular flexibility index (Phi) is 5.72. The molecule has 0 aromatic heterocycles. The molecule has 4 heteroatoms. The minimum Gasteiger partial charge on any atom is -0.496 e. The second kappa shape index (κ2) is 8.24. The number of benzene rings is 2. The van der Waals surface area contributed by atoms with Crippen LogP contribution in [0.1, 0.15) is 36.0 Å². The maximum atomic E-state index is 11.8. The monoisotopic (exact) mass is 380 g/mol. The lowest BCUT2D eigenvalue weighted by Crippen LogP contribution is -2.60. The third-order valence-electron chi connectivity index (χ3n) is 6.51. The summed E-state index contributed by atoms with van der Waals surface area (Å²) in [5.41, 5.74) is 2.78. The molecule has 28 heavy (non-hydrogen) atoms. The van der Waals surface area contributed by atoms with Gasteiger partial charge in [0.2, 0.25) is 0 Å². The summed E-state index contributed by atoms with van der Waals surface area (Å²) in [4.78, 5) is 5.01. The zero-order valence-corrected chi connectivity index (χ0v) is 17.1. The molecule has 0 radical (unpaired) electrons. The summed E-state index contributed by atoms with van der Waals surface area (Å²) in [5, 5.41) is 11.8. The summed E-state index contributed by atoms with van der Waals surface area (Å²) in [6.07, 6.45) is 3.24. The van der Waals surface area contributed by atoms with Crippen molar-refractivity contribution in [2.45, 2.75) is 44.4 Å². The fourth-order valence-corrected chi connectivity index (χ4v) is 4.96. The number of rotatable bonds is 5. The molecule has 0 unspecified atom stereocenters. The van der Waals surface area contributed by atoms with E-state index in [9.17, 15) is 5.11 Å². The van der Waals surface area contributed by atoms with Gasteiger partial charge in [-0.15, -0.1) is 0 Å². The Morgan fingerprint density at radius 1 is 1.07 bits per heavy atom. The van der Waals surface area contributed by atoms with Gasteiger partial charge >= 0.3 is 0 Å². The van der Waals surface area contributed by atoms with Crippen molar-refractivity contribution in [2.24, 2.45) is 0 Å². The maximum Gasteiger partial charge on any atom is 0.121 e. The van der Waals surface area contributed by atoms with Gasteiger partial charge in [-0.2, -0.15) is 0 Å². The molecular formula is C24H32N2O2. The number of ether oxygens (including phenoxy) is 1. The number of hydrogen-bond acceptors (Lipinski definition) is 4. The van der Waals surface area contributed by atoms with E-state index in [1.807, 2.05) is 18.2 Å². The molecule has 2 saturated heterocycles. The molecule has 2 aliphatic rings. The average molecular weight is 381 g/mol. The van der Waals surface area contributed by atoms with Gasteiger partial charge in [0, 0.05) is 19.6 Å². The predicted octanol–water partition coefficient (Wildman–Crippen LogP) is 3.56. The van der Waals surface area contributed by atoms with Gasteiger partial charge in [-0.25, -0.2) is 0 Å². The highest BCUT2D eigenvalue weighted by Gasteiger charge is 2.46. The van der Waals surface area contributed by atoms with Gasteiger partial charge < -0.3 is 9.84 Å². The van der Waals surface area contributed by atoms with Crippen molar-refractivity contribution in [2.75, 3.05) is 33.3 Å². The molecule has 150 valence electrons. The highest BCUT2D eigenvalue weighted by atomic mass is 16.5. The smallest absolute Gasteiger partial charge is 0.121 e. The summed E-state index contributed by atoms with van der Waals surface area (Å²) < 4.78 is 5.40. The van der Waals surface area contributed by atoms with Crippen LogP contribution in [0.3, 0.4) is 0 Å². The van der Waals surface area contributed by atoms with Crippen molar-refractivity contribution in [3.05, 3.63) is 65.2 Å². The van der Waals surface area contributed by atoms with E-state index in [1.54, 1.807) is 7.11 Å². The number of aryl methyl sites for hydroxylation is 1. The Morgan fingerprint density at radius 3 is 2.50 bits per heavy atom. The van der Waals surface area contributed by atoms with Crippen LogP contribution in [0.4, 0.5) is 0 Å². The van der Waals surface area contributed by atoms with E-state index in [-0.39, 0.29) is 6.04 Å². The van der Waals surface area contributed by atoms with Crippen LogP contribution >= 0.6 is 0 Å². The molecule has 2 aromatic rings. The number of hydrogen-bond donors (Lipinski definition) is 1. The van der Waals surface area contributed by atoms with E-state index in [4.69, 9.17) is 4.74 Å². The van der Waals surface area contributed by atoms with Gasteiger partial charge in [-0.1, -0.05) is 42.5 Å². The largest absolute Gasteiger partial charge is 0.496 e. The van der Waals surface area contributed by atoms with Crippen molar-refractivity contribution >= 4 is 0 Å². The number of nitrogens with zero attached hydrogens (tertiary/aromatic N) is 2. The minimum absolute atomic E-state index is 0.144. The van der Waals surface area contributed by atoms with Gasteiger partial charge in [0.25, 0.3) is 0 Å². The summed E-state index contributed by atoms with van der Waals surface area (Å²) >= 11 is 0. The van der Waals surface area contributed by atoms with Crippen molar-refractivity contribution in [3.8, 4) is 5.75 Å². The molecule has 4 nitrogen and oxygen atoms in total. The van der Waals surface area contributed by atoms with Crippen LogP contribution in [-0.4, -0.2) is 54.2 Å². The average Bonchev–Trinajstić information content (AvgIpc) is 3.25. The first-order valence-electron chi connectivity index (χ1n) is 10.5. The molecule has 2 fully saturated rings. The molecule has 0 aliphatic carbocycles. The van der Waals surface area contributed by atoms with Gasteiger partial charge in [-0.3, -0.25) is 9.80 Å². The lowest BCUT2D eigenvalue weighted by molar-refractivity contribution is -0.0959.